The zero-order chi connectivity index (χ0) is 28.7. The van der Waals surface area contributed by atoms with E-state index in [-0.39, 0.29) is 41.7 Å². The van der Waals surface area contributed by atoms with Gasteiger partial charge in [-0.15, -0.1) is 0 Å². The van der Waals surface area contributed by atoms with Crippen molar-refractivity contribution >= 4 is 29.0 Å². The van der Waals surface area contributed by atoms with E-state index in [4.69, 9.17) is 16.3 Å². The van der Waals surface area contributed by atoms with Gasteiger partial charge in [0.2, 0.25) is 5.91 Å². The molecule has 0 bridgehead atoms. The van der Waals surface area contributed by atoms with Crippen molar-refractivity contribution in [3.05, 3.63) is 75.2 Å². The molecular formula is C30H39ClN4O4. The fourth-order valence-electron chi connectivity index (χ4n) is 4.86. The number of anilines is 1. The molecule has 9 heteroatoms. The third-order valence-electron chi connectivity index (χ3n) is 6.76. The second kappa shape index (κ2) is 13.1. The van der Waals surface area contributed by atoms with E-state index in [0.717, 1.165) is 11.4 Å². The molecular weight excluding hydrogens is 516 g/mol. The Morgan fingerprint density at radius 1 is 1.13 bits per heavy atom. The van der Waals surface area contributed by atoms with E-state index in [2.05, 4.69) is 10.6 Å². The summed E-state index contributed by atoms with van der Waals surface area (Å²) in [5.41, 5.74) is 1.40. The predicted octanol–water partition coefficient (Wildman–Crippen LogP) is 5.57. The number of aromatic nitrogens is 2. The van der Waals surface area contributed by atoms with E-state index < -0.39 is 5.41 Å². The van der Waals surface area contributed by atoms with Crippen LogP contribution in [0.25, 0.3) is 5.69 Å². The Kier molecular flexibility index (Phi) is 10.2. The minimum atomic E-state index is -0.492. The number of para-hydroxylation sites is 1. The first-order valence-electron chi connectivity index (χ1n) is 13.3. The van der Waals surface area contributed by atoms with Crippen molar-refractivity contribution in [2.24, 2.45) is 12.5 Å². The van der Waals surface area contributed by atoms with E-state index in [9.17, 15) is 14.4 Å². The van der Waals surface area contributed by atoms with Crippen LogP contribution in [0, 0.1) is 5.41 Å². The van der Waals surface area contributed by atoms with Gasteiger partial charge in [0.05, 0.1) is 23.6 Å². The second-order valence-corrected chi connectivity index (χ2v) is 11.0. The lowest BCUT2D eigenvalue weighted by molar-refractivity contribution is -0.118. The average molecular weight is 555 g/mol. The van der Waals surface area contributed by atoms with Crippen molar-refractivity contribution in [1.82, 2.24) is 14.7 Å². The molecule has 1 aromatic heterocycles. The van der Waals surface area contributed by atoms with Crippen LogP contribution in [0.2, 0.25) is 5.02 Å². The number of carbonyl (C=O) groups excluding carboxylic acids is 2. The summed E-state index contributed by atoms with van der Waals surface area (Å²) in [6.45, 7) is 8.83. The van der Waals surface area contributed by atoms with Crippen LogP contribution in [0.1, 0.15) is 68.9 Å². The largest absolute Gasteiger partial charge is 0.493 e. The van der Waals surface area contributed by atoms with Crippen LogP contribution in [0.3, 0.4) is 0 Å². The fraction of sp³-hybridized carbons (Fsp3) is 0.433. The Hall–Kier alpha value is -3.36. The summed E-state index contributed by atoms with van der Waals surface area (Å²) < 4.78 is 8.97. The highest BCUT2D eigenvalue weighted by Crippen LogP contribution is 2.31. The number of nitrogens with zero attached hydrogens (tertiary/aromatic N) is 2. The predicted molar refractivity (Wildman–Crippen MR) is 157 cm³/mol. The summed E-state index contributed by atoms with van der Waals surface area (Å²) in [4.78, 5) is 39.8. The molecule has 2 aromatic carbocycles. The van der Waals surface area contributed by atoms with Gasteiger partial charge in [0.1, 0.15) is 11.4 Å². The summed E-state index contributed by atoms with van der Waals surface area (Å²) in [6, 6.07) is 14.4. The van der Waals surface area contributed by atoms with Crippen LogP contribution in [0.15, 0.2) is 53.3 Å². The minimum absolute atomic E-state index is 0.0316. The highest BCUT2D eigenvalue weighted by atomic mass is 35.5. The van der Waals surface area contributed by atoms with Crippen molar-refractivity contribution in [3.63, 3.8) is 0 Å². The topological polar surface area (TPSA) is 94.4 Å². The smallest absolute Gasteiger partial charge is 0.295 e. The molecule has 3 rings (SSSR count). The molecule has 8 nitrogen and oxygen atoms in total. The molecule has 0 aliphatic rings. The quantitative estimate of drug-likeness (QED) is 0.269. The van der Waals surface area contributed by atoms with Gasteiger partial charge in [-0.05, 0) is 56.1 Å². The fourth-order valence-corrected chi connectivity index (χ4v) is 5.03. The van der Waals surface area contributed by atoms with Crippen LogP contribution in [0.4, 0.5) is 5.69 Å². The highest BCUT2D eigenvalue weighted by Gasteiger charge is 2.28. The number of carbonyl (C=O) groups is 2. The lowest BCUT2D eigenvalue weighted by Crippen LogP contribution is -2.27. The molecule has 3 aromatic rings. The molecule has 2 N–H and O–H groups in total. The Bertz CT molecular complexity index is 1360. The molecule has 210 valence electrons. The van der Waals surface area contributed by atoms with Gasteiger partial charge in [-0.25, -0.2) is 4.68 Å². The molecule has 0 spiro atoms. The van der Waals surface area contributed by atoms with E-state index in [1.807, 2.05) is 72.1 Å². The van der Waals surface area contributed by atoms with Gasteiger partial charge in [0.15, 0.2) is 5.78 Å². The van der Waals surface area contributed by atoms with Gasteiger partial charge < -0.3 is 15.4 Å². The maximum absolute atomic E-state index is 13.5. The SMILES string of the molecule is CCOc1ccc(Cl)cc1C(=O)CCC(C)(C)CC(=O)Nc1c(C(C)CNC)n(C)n(-c2ccccc2)c1=O. The third kappa shape index (κ3) is 7.40. The molecule has 0 radical (unpaired) electrons. The summed E-state index contributed by atoms with van der Waals surface area (Å²) in [6.07, 6.45) is 0.856. The van der Waals surface area contributed by atoms with Gasteiger partial charge in [-0.1, -0.05) is 50.6 Å². The summed E-state index contributed by atoms with van der Waals surface area (Å²) in [5, 5.41) is 6.53. The zero-order valence-corrected chi connectivity index (χ0v) is 24.4. The second-order valence-electron chi connectivity index (χ2n) is 10.6. The Morgan fingerprint density at radius 2 is 1.82 bits per heavy atom. The Balaban J connectivity index is 1.78. The first-order valence-corrected chi connectivity index (χ1v) is 13.6. The maximum atomic E-state index is 13.5. The lowest BCUT2D eigenvalue weighted by Gasteiger charge is -2.24. The maximum Gasteiger partial charge on any atom is 0.295 e. The first-order chi connectivity index (χ1) is 18.5. The number of Topliss-reactive ketones (excluding diaryl/α,β-unsaturated/α-hetero) is 1. The molecule has 1 amide bonds. The number of hydrogen-bond acceptors (Lipinski definition) is 5. The van der Waals surface area contributed by atoms with Gasteiger partial charge in [-0.2, -0.15) is 0 Å². The molecule has 1 atom stereocenters. The van der Waals surface area contributed by atoms with Crippen molar-refractivity contribution in [2.45, 2.75) is 52.9 Å². The number of benzene rings is 2. The van der Waals surface area contributed by atoms with Gasteiger partial charge >= 0.3 is 0 Å². The van der Waals surface area contributed by atoms with E-state index in [0.29, 0.717) is 35.9 Å². The molecule has 1 unspecified atom stereocenters. The van der Waals surface area contributed by atoms with Crippen molar-refractivity contribution in [3.8, 4) is 11.4 Å². The summed E-state index contributed by atoms with van der Waals surface area (Å²) in [7, 11) is 3.68. The van der Waals surface area contributed by atoms with Crippen molar-refractivity contribution in [1.29, 1.82) is 0 Å². The number of hydrogen-bond donors (Lipinski definition) is 2. The Labute approximate surface area is 235 Å². The molecule has 0 saturated heterocycles. The normalized spacial score (nSPS) is 12.3. The molecule has 0 fully saturated rings. The monoisotopic (exact) mass is 554 g/mol. The number of nitrogens with one attached hydrogen (secondary N) is 2. The standard InChI is InChI=1S/C30H39ClN4O4/c1-7-39-25-14-13-21(31)17-23(25)24(36)15-16-30(3,4)18-26(37)33-27-28(20(2)19-32-5)34(6)35(29(27)38)22-11-9-8-10-12-22/h8-14,17,20,32H,7,15-16,18-19H2,1-6H3,(H,33,37). The number of ketones is 1. The minimum Gasteiger partial charge on any atom is -0.493 e. The molecule has 0 aliphatic carbocycles. The first kappa shape index (κ1) is 30.2. The average Bonchev–Trinajstić information content (AvgIpc) is 3.12. The van der Waals surface area contributed by atoms with Crippen LogP contribution >= 0.6 is 11.6 Å². The number of likely N-dealkylation sites (N-methyl/N-ethyl adjacent to an activating group) is 1. The zero-order valence-electron chi connectivity index (χ0n) is 23.6. The summed E-state index contributed by atoms with van der Waals surface area (Å²) >= 11 is 6.12. The number of halogens is 1. The molecule has 0 aliphatic heterocycles. The van der Waals surface area contributed by atoms with E-state index in [1.165, 1.54) is 0 Å². The van der Waals surface area contributed by atoms with E-state index >= 15 is 0 Å². The van der Waals surface area contributed by atoms with Crippen molar-refractivity contribution < 1.29 is 14.3 Å². The van der Waals surface area contributed by atoms with Crippen LogP contribution < -0.4 is 20.9 Å². The Morgan fingerprint density at radius 3 is 2.46 bits per heavy atom. The van der Waals surface area contributed by atoms with Gasteiger partial charge in [-0.3, -0.25) is 19.1 Å². The molecule has 1 heterocycles. The van der Waals surface area contributed by atoms with Crippen LogP contribution in [-0.2, 0) is 11.8 Å². The van der Waals surface area contributed by atoms with E-state index in [1.54, 1.807) is 27.6 Å². The molecule has 39 heavy (non-hydrogen) atoms. The highest BCUT2D eigenvalue weighted by molar-refractivity contribution is 6.31. The summed E-state index contributed by atoms with van der Waals surface area (Å²) in [5.74, 6) is 0.109. The molecule has 0 saturated carbocycles. The number of amides is 1. The van der Waals surface area contributed by atoms with Gasteiger partial charge in [0.25, 0.3) is 5.56 Å². The number of rotatable bonds is 13. The number of ether oxygens (including phenoxy) is 1. The van der Waals surface area contributed by atoms with Crippen molar-refractivity contribution in [2.75, 3.05) is 25.5 Å². The lowest BCUT2D eigenvalue weighted by atomic mass is 9.82. The van der Waals surface area contributed by atoms with Gasteiger partial charge in [0, 0.05) is 37.4 Å². The van der Waals surface area contributed by atoms with Crippen LogP contribution in [0.5, 0.6) is 5.75 Å². The third-order valence-corrected chi connectivity index (χ3v) is 7.00. The van der Waals surface area contributed by atoms with Crippen LogP contribution in [-0.4, -0.2) is 41.3 Å².